The van der Waals surface area contributed by atoms with Gasteiger partial charge in [-0.3, -0.25) is 14.6 Å². The molecule has 3 heterocycles. The van der Waals surface area contributed by atoms with Gasteiger partial charge in [-0.2, -0.15) is 26.3 Å². The molecule has 226 valence electrons. The monoisotopic (exact) mass is 609 g/mol. The number of aromatic nitrogens is 2. The van der Waals surface area contributed by atoms with E-state index in [4.69, 9.17) is 0 Å². The number of carbonyl (C=O) groups excluding carboxylic acids is 2. The van der Waals surface area contributed by atoms with Crippen molar-refractivity contribution in [2.75, 3.05) is 11.9 Å². The largest absolute Gasteiger partial charge is 0.509 e. The number of alkyl halides is 6. The van der Waals surface area contributed by atoms with Gasteiger partial charge in [-0.25, -0.2) is 19.4 Å². The topological polar surface area (TPSA) is 98.7 Å². The van der Waals surface area contributed by atoms with E-state index in [1.54, 1.807) is 18.0 Å². The zero-order valence-electron chi connectivity index (χ0n) is 22.2. The second kappa shape index (κ2) is 10.6. The molecule has 3 aromatic rings. The molecule has 0 aliphatic carbocycles. The van der Waals surface area contributed by atoms with Gasteiger partial charge in [-0.05, 0) is 61.7 Å². The van der Waals surface area contributed by atoms with Gasteiger partial charge in [0, 0.05) is 12.1 Å². The maximum Gasteiger partial charge on any atom is 0.433 e. The molecule has 0 saturated carbocycles. The van der Waals surface area contributed by atoms with Gasteiger partial charge in [0.05, 0.1) is 29.0 Å². The fourth-order valence-electron chi connectivity index (χ4n) is 5.24. The zero-order chi connectivity index (χ0) is 31.3. The van der Waals surface area contributed by atoms with Crippen molar-refractivity contribution in [3.8, 4) is 11.3 Å². The Morgan fingerprint density at radius 2 is 1.79 bits per heavy atom. The Bertz CT molecular complexity index is 1640. The van der Waals surface area contributed by atoms with Gasteiger partial charge >= 0.3 is 12.4 Å². The second-order valence-electron chi connectivity index (χ2n) is 10.2. The minimum absolute atomic E-state index is 0.164. The Kier molecular flexibility index (Phi) is 7.40. The molecule has 43 heavy (non-hydrogen) atoms. The minimum atomic E-state index is -4.94. The van der Waals surface area contributed by atoms with Crippen LogP contribution in [0.1, 0.15) is 36.6 Å². The molecule has 15 heteroatoms. The van der Waals surface area contributed by atoms with Crippen LogP contribution in [-0.2, 0) is 28.5 Å². The predicted octanol–water partition coefficient (Wildman–Crippen LogP) is 5.88. The third-order valence-electron chi connectivity index (χ3n) is 7.37. The second-order valence-corrected chi connectivity index (χ2v) is 10.2. The number of hydrogen-bond acceptors (Lipinski definition) is 6. The van der Waals surface area contributed by atoms with Crippen LogP contribution in [0.25, 0.3) is 11.3 Å². The lowest BCUT2D eigenvalue weighted by atomic mass is 9.90. The molecule has 1 saturated heterocycles. The first-order valence-corrected chi connectivity index (χ1v) is 12.8. The molecule has 1 fully saturated rings. The van der Waals surface area contributed by atoms with Gasteiger partial charge in [0.25, 0.3) is 11.8 Å². The van der Waals surface area contributed by atoms with E-state index >= 15 is 0 Å². The summed E-state index contributed by atoms with van der Waals surface area (Å²) in [5.41, 5.74) is -5.75. The van der Waals surface area contributed by atoms with E-state index in [2.05, 4.69) is 15.3 Å². The minimum Gasteiger partial charge on any atom is -0.509 e. The Hall–Kier alpha value is -4.53. The van der Waals surface area contributed by atoms with Gasteiger partial charge in [0.2, 0.25) is 0 Å². The maximum absolute atomic E-state index is 13.9. The number of nitrogens with one attached hydrogen (secondary N) is 1. The van der Waals surface area contributed by atoms with Gasteiger partial charge in [-0.1, -0.05) is 12.1 Å². The van der Waals surface area contributed by atoms with E-state index in [-0.39, 0.29) is 6.54 Å². The predicted molar refractivity (Wildman–Crippen MR) is 137 cm³/mol. The molecule has 8 nitrogen and oxygen atoms in total. The number of aliphatic hydroxyl groups is 1. The lowest BCUT2D eigenvalue weighted by Gasteiger charge is -2.46. The highest BCUT2D eigenvalue weighted by Gasteiger charge is 2.52. The number of benzene rings is 2. The Balaban J connectivity index is 1.56. The average Bonchev–Trinajstić information content (AvgIpc) is 3.33. The van der Waals surface area contributed by atoms with E-state index in [1.807, 2.05) is 0 Å². The summed E-state index contributed by atoms with van der Waals surface area (Å²) < 4.78 is 94.4. The number of aliphatic hydroxyl groups excluding tert-OH is 1. The summed E-state index contributed by atoms with van der Waals surface area (Å²) in [4.78, 5) is 34.0. The fourth-order valence-corrected chi connectivity index (χ4v) is 5.24. The third kappa shape index (κ3) is 5.63. The number of amides is 2. The molecule has 0 spiro atoms. The highest BCUT2D eigenvalue weighted by molar-refractivity contribution is 6.24. The number of fused-ring (bicyclic) bond motifs is 1. The Labute approximate surface area is 239 Å². The molecule has 0 bridgehead atoms. The fraction of sp³-hybridized carbons (Fsp3) is 0.286. The van der Waals surface area contributed by atoms with Crippen LogP contribution in [0.15, 0.2) is 66.2 Å². The van der Waals surface area contributed by atoms with Crippen molar-refractivity contribution in [2.24, 2.45) is 0 Å². The number of anilines is 1. The molecule has 2 aliphatic rings. The van der Waals surface area contributed by atoms with Gasteiger partial charge in [-0.15, -0.1) is 0 Å². The van der Waals surface area contributed by atoms with E-state index in [0.717, 1.165) is 6.07 Å². The molecule has 2 amide bonds. The van der Waals surface area contributed by atoms with Gasteiger partial charge in [0.1, 0.15) is 29.2 Å². The molecule has 0 radical (unpaired) electrons. The van der Waals surface area contributed by atoms with Crippen molar-refractivity contribution in [1.82, 2.24) is 20.0 Å². The standard InChI is InChI=1S/C28H22F7N5O3/c1-26-8-3-9-40(26)39(13-15-4-2-5-17(29)10-15)25(43)22(23(26)41)24(42)38-19-7-6-16(27(30,31)32)11-18(19)20-12-21(28(33,34)35)37-14-36-20/h2,4-7,10-12,14,41H,3,8-9,13H2,1H3,(H,38,42)/t26-/m1/s1. The van der Waals surface area contributed by atoms with Gasteiger partial charge in [0.15, 0.2) is 0 Å². The lowest BCUT2D eigenvalue weighted by Crippen LogP contribution is -2.60. The van der Waals surface area contributed by atoms with Crippen molar-refractivity contribution < 1.29 is 45.4 Å². The van der Waals surface area contributed by atoms with Crippen LogP contribution in [0.5, 0.6) is 0 Å². The molecule has 5 rings (SSSR count). The highest BCUT2D eigenvalue weighted by atomic mass is 19.4. The van der Waals surface area contributed by atoms with Crippen LogP contribution in [0.3, 0.4) is 0 Å². The summed E-state index contributed by atoms with van der Waals surface area (Å²) in [7, 11) is 0. The van der Waals surface area contributed by atoms with Crippen LogP contribution in [0.2, 0.25) is 0 Å². The molecule has 2 aliphatic heterocycles. The van der Waals surface area contributed by atoms with Crippen molar-refractivity contribution in [3.63, 3.8) is 0 Å². The van der Waals surface area contributed by atoms with E-state index in [9.17, 15) is 45.4 Å². The number of nitrogens with zero attached hydrogens (tertiary/aromatic N) is 4. The summed E-state index contributed by atoms with van der Waals surface area (Å²) >= 11 is 0. The molecule has 0 unspecified atom stereocenters. The van der Waals surface area contributed by atoms with Gasteiger partial charge < -0.3 is 10.4 Å². The zero-order valence-corrected chi connectivity index (χ0v) is 22.2. The summed E-state index contributed by atoms with van der Waals surface area (Å²) in [5, 5.41) is 16.2. The molecule has 1 aromatic heterocycles. The third-order valence-corrected chi connectivity index (χ3v) is 7.37. The Morgan fingerprint density at radius 1 is 1.05 bits per heavy atom. The number of hydrogen-bond donors (Lipinski definition) is 2. The van der Waals surface area contributed by atoms with Crippen LogP contribution in [0, 0.1) is 5.82 Å². The summed E-state index contributed by atoms with van der Waals surface area (Å²) in [6.07, 6.45) is -8.46. The molecule has 2 N–H and O–H groups in total. The SMILES string of the molecule is C[C@]12CCCN1N(Cc1cccc(F)c1)C(=O)C(C(=O)Nc1ccc(C(F)(F)F)cc1-c1cc(C(F)(F)F)ncn1)=C2O. The summed E-state index contributed by atoms with van der Waals surface area (Å²) in [5.74, 6) is -3.33. The van der Waals surface area contributed by atoms with Crippen LogP contribution >= 0.6 is 0 Å². The van der Waals surface area contributed by atoms with Crippen LogP contribution < -0.4 is 5.32 Å². The lowest BCUT2D eigenvalue weighted by molar-refractivity contribution is -0.160. The first-order chi connectivity index (χ1) is 20.1. The van der Waals surface area contributed by atoms with Crippen LogP contribution in [0.4, 0.5) is 36.4 Å². The number of carbonyl (C=O) groups is 2. The first-order valence-electron chi connectivity index (χ1n) is 12.8. The Morgan fingerprint density at radius 3 is 2.47 bits per heavy atom. The van der Waals surface area contributed by atoms with Crippen molar-refractivity contribution >= 4 is 17.5 Å². The quantitative estimate of drug-likeness (QED) is 0.277. The maximum atomic E-state index is 13.9. The smallest absolute Gasteiger partial charge is 0.433 e. The van der Waals surface area contributed by atoms with E-state index in [1.165, 1.54) is 23.2 Å². The molecule has 1 atom stereocenters. The molecule has 2 aromatic carbocycles. The average molecular weight is 610 g/mol. The molecular weight excluding hydrogens is 587 g/mol. The van der Waals surface area contributed by atoms with E-state index in [0.29, 0.717) is 49.5 Å². The van der Waals surface area contributed by atoms with Crippen LogP contribution in [-0.4, -0.2) is 49.0 Å². The number of rotatable bonds is 5. The van der Waals surface area contributed by atoms with Crippen molar-refractivity contribution in [1.29, 1.82) is 0 Å². The summed E-state index contributed by atoms with van der Waals surface area (Å²) in [6.45, 7) is 1.76. The molecular formula is C28H22F7N5O3. The summed E-state index contributed by atoms with van der Waals surface area (Å²) in [6, 6.07) is 7.74. The normalized spacial score (nSPS) is 19.5. The number of hydrazine groups is 1. The van der Waals surface area contributed by atoms with Crippen molar-refractivity contribution in [3.05, 3.63) is 88.8 Å². The van der Waals surface area contributed by atoms with E-state index < -0.39 is 75.1 Å². The highest BCUT2D eigenvalue weighted by Crippen LogP contribution is 2.42. The first kappa shape index (κ1) is 29.9. The van der Waals surface area contributed by atoms with Crippen molar-refractivity contribution in [2.45, 2.75) is 44.2 Å². The number of halogens is 7.